The van der Waals surface area contributed by atoms with Crippen molar-refractivity contribution in [2.45, 2.75) is 198 Å². The van der Waals surface area contributed by atoms with Gasteiger partial charge in [0.25, 0.3) is 0 Å². The maximum absolute atomic E-state index is 14.6. The van der Waals surface area contributed by atoms with Gasteiger partial charge in [0.1, 0.15) is 48.3 Å². The summed E-state index contributed by atoms with van der Waals surface area (Å²) in [5, 5.41) is 40.7. The first-order valence-electron chi connectivity index (χ1n) is 26.6. The number of nitrogens with zero attached hydrogens (tertiary/aromatic N) is 2. The van der Waals surface area contributed by atoms with E-state index in [1.807, 2.05) is 0 Å². The van der Waals surface area contributed by atoms with Crippen LogP contribution in [0.5, 0.6) is 0 Å². The molecular formula is C50H84N14O12. The Morgan fingerprint density at radius 2 is 1.12 bits per heavy atom. The lowest BCUT2D eigenvalue weighted by Crippen LogP contribution is -2.61. The van der Waals surface area contributed by atoms with E-state index in [4.69, 9.17) is 17.2 Å². The molecule has 0 spiro atoms. The molecule has 17 N–H and O–H groups in total. The van der Waals surface area contributed by atoms with Crippen LogP contribution in [0, 0.1) is 17.8 Å². The third-order valence-electron chi connectivity index (χ3n) is 13.7. The van der Waals surface area contributed by atoms with Crippen molar-refractivity contribution < 1.29 is 58.2 Å². The number of carboxylic acid groups (broad SMARTS) is 2. The third-order valence-corrected chi connectivity index (χ3v) is 13.7. The van der Waals surface area contributed by atoms with Gasteiger partial charge >= 0.3 is 11.9 Å². The molecule has 26 heteroatoms. The Bertz CT molecular complexity index is 2110. The van der Waals surface area contributed by atoms with Gasteiger partial charge in [-0.15, -0.1) is 0 Å². The van der Waals surface area contributed by atoms with Crippen molar-refractivity contribution in [2.75, 3.05) is 13.1 Å². The molecule has 426 valence electrons. The minimum atomic E-state index is -1.74. The SMILES string of the molecule is CC(=O)N[C@@H](Cc1cnc[nH]1)C(=O)N[C@@H](CCCCN)C(=O)N[C@@H](CC(=O)O)C(=O)N[C@@H](CC1CCCCC1)C(=O)N[C@@H](CC1CCCCC1)C(=O)N[C@H](C(=O)N[C@H](C)C(=O)N[C@@H](CCCN=C(N)N)C(=O)O)C(C)C. The standard InChI is InChI=1S/C50H84N14O12/c1-28(2)41(48(74)57-29(3)42(68)60-35(49(75)76)19-13-21-55-50(52)53)64-47(73)37(23-32-16-9-6-10-17-32)62-44(70)36(22-31-14-7-5-8-15-31)61-46(72)39(25-40(66)67)63-43(69)34(18-11-12-20-51)59-45(71)38(58-30(4)65)24-33-26-54-27-56-33/h26-29,31-32,34-39,41H,5-25,51H2,1-4H3,(H,54,56)(H,57,74)(H,58,65)(H,59,71)(H,60,68)(H,61,72)(H,62,70)(H,63,69)(H,64,73)(H,66,67)(H,75,76)(H4,52,53,55)/t29-,34+,35+,36+,37+,38+,39+,41+/m1/s1. The molecule has 2 aliphatic rings. The van der Waals surface area contributed by atoms with Gasteiger partial charge in [-0.3, -0.25) is 48.1 Å². The second kappa shape index (κ2) is 33.2. The molecule has 1 aromatic rings. The number of aliphatic imine (C=N–C) groups is 1. The maximum Gasteiger partial charge on any atom is 0.326 e. The van der Waals surface area contributed by atoms with Crippen LogP contribution in [0.2, 0.25) is 0 Å². The van der Waals surface area contributed by atoms with E-state index in [0.717, 1.165) is 64.2 Å². The smallest absolute Gasteiger partial charge is 0.326 e. The summed E-state index contributed by atoms with van der Waals surface area (Å²) in [6.07, 6.45) is 11.9. The molecule has 0 aromatic carbocycles. The summed E-state index contributed by atoms with van der Waals surface area (Å²) in [7, 11) is 0. The van der Waals surface area contributed by atoms with Crippen LogP contribution in [0.4, 0.5) is 0 Å². The molecule has 8 atom stereocenters. The monoisotopic (exact) mass is 1070 g/mol. The van der Waals surface area contributed by atoms with Gasteiger partial charge in [-0.05, 0) is 76.2 Å². The van der Waals surface area contributed by atoms with Crippen molar-refractivity contribution in [2.24, 2.45) is 39.9 Å². The van der Waals surface area contributed by atoms with Gasteiger partial charge in [0.05, 0.1) is 12.7 Å². The molecule has 0 unspecified atom stereocenters. The van der Waals surface area contributed by atoms with E-state index in [1.165, 1.54) is 26.4 Å². The molecule has 2 saturated carbocycles. The molecule has 0 bridgehead atoms. The first-order chi connectivity index (χ1) is 36.1. The number of aliphatic carboxylic acids is 2. The Morgan fingerprint density at radius 3 is 1.62 bits per heavy atom. The van der Waals surface area contributed by atoms with E-state index in [9.17, 15) is 58.2 Å². The number of carbonyl (C=O) groups is 10. The largest absolute Gasteiger partial charge is 0.481 e. The summed E-state index contributed by atoms with van der Waals surface area (Å²) in [6, 6.07) is -10.5. The van der Waals surface area contributed by atoms with E-state index in [0.29, 0.717) is 18.5 Å². The number of guanidine groups is 1. The van der Waals surface area contributed by atoms with Gasteiger partial charge in [-0.25, -0.2) is 9.78 Å². The van der Waals surface area contributed by atoms with E-state index >= 15 is 0 Å². The number of hydrogen-bond donors (Lipinski definition) is 14. The molecule has 8 amide bonds. The number of aromatic nitrogens is 2. The Balaban J connectivity index is 1.87. The predicted octanol–water partition coefficient (Wildman–Crippen LogP) is -0.791. The Morgan fingerprint density at radius 1 is 0.618 bits per heavy atom. The van der Waals surface area contributed by atoms with Crippen molar-refractivity contribution in [3.63, 3.8) is 0 Å². The number of rotatable bonds is 33. The Hall–Kier alpha value is -6.86. The first-order valence-corrected chi connectivity index (χ1v) is 26.6. The topological polar surface area (TPSA) is 426 Å². The van der Waals surface area contributed by atoms with Gasteiger partial charge in [-0.2, -0.15) is 0 Å². The number of unbranched alkanes of at least 4 members (excludes halogenated alkanes) is 1. The molecule has 0 radical (unpaired) electrons. The molecule has 0 aliphatic heterocycles. The fourth-order valence-electron chi connectivity index (χ4n) is 9.50. The zero-order chi connectivity index (χ0) is 56.3. The average molecular weight is 1070 g/mol. The maximum atomic E-state index is 14.6. The van der Waals surface area contributed by atoms with E-state index in [-0.39, 0.29) is 69.4 Å². The summed E-state index contributed by atoms with van der Waals surface area (Å²) < 4.78 is 0. The number of H-pyrrole nitrogens is 1. The normalized spacial score (nSPS) is 17.1. The summed E-state index contributed by atoms with van der Waals surface area (Å²) in [5.41, 5.74) is 16.9. The van der Waals surface area contributed by atoms with Crippen LogP contribution in [0.3, 0.4) is 0 Å². The number of imidazole rings is 1. The molecular weight excluding hydrogens is 989 g/mol. The number of amides is 8. The average Bonchev–Trinajstić information content (AvgIpc) is 3.88. The van der Waals surface area contributed by atoms with Crippen molar-refractivity contribution in [3.05, 3.63) is 18.2 Å². The molecule has 3 rings (SSSR count). The van der Waals surface area contributed by atoms with Crippen molar-refractivity contribution in [1.29, 1.82) is 0 Å². The lowest BCUT2D eigenvalue weighted by molar-refractivity contribution is -0.142. The van der Waals surface area contributed by atoms with Crippen LogP contribution in [-0.2, 0) is 54.4 Å². The quantitative estimate of drug-likeness (QED) is 0.0233. The molecule has 26 nitrogen and oxygen atoms in total. The summed E-state index contributed by atoms with van der Waals surface area (Å²) in [6.45, 7) is 6.33. The lowest BCUT2D eigenvalue weighted by atomic mass is 9.83. The molecule has 1 heterocycles. The van der Waals surface area contributed by atoms with Crippen LogP contribution in [0.1, 0.15) is 149 Å². The predicted molar refractivity (Wildman–Crippen MR) is 279 cm³/mol. The van der Waals surface area contributed by atoms with Crippen LogP contribution in [-0.4, -0.2) is 147 Å². The number of carboxylic acids is 2. The van der Waals surface area contributed by atoms with Gasteiger partial charge in [0.15, 0.2) is 5.96 Å². The van der Waals surface area contributed by atoms with E-state index < -0.39 is 120 Å². The second-order valence-corrected chi connectivity index (χ2v) is 20.4. The fraction of sp³-hybridized carbons (Fsp3) is 0.720. The number of nitrogens with two attached hydrogens (primary N) is 3. The van der Waals surface area contributed by atoms with E-state index in [1.54, 1.807) is 13.8 Å². The minimum absolute atomic E-state index is 0.00265. The van der Waals surface area contributed by atoms with Crippen molar-refractivity contribution >= 4 is 65.2 Å². The van der Waals surface area contributed by atoms with E-state index in [2.05, 4.69) is 57.5 Å². The third kappa shape index (κ3) is 23.4. The van der Waals surface area contributed by atoms with Gasteiger partial charge in [-0.1, -0.05) is 78.1 Å². The van der Waals surface area contributed by atoms with Crippen LogP contribution in [0.15, 0.2) is 17.5 Å². The minimum Gasteiger partial charge on any atom is -0.481 e. The van der Waals surface area contributed by atoms with Crippen molar-refractivity contribution in [1.82, 2.24) is 52.5 Å². The highest BCUT2D eigenvalue weighted by atomic mass is 16.4. The zero-order valence-electron chi connectivity index (χ0n) is 44.5. The highest BCUT2D eigenvalue weighted by Crippen LogP contribution is 2.29. The molecule has 0 saturated heterocycles. The summed E-state index contributed by atoms with van der Waals surface area (Å²) >= 11 is 0. The highest BCUT2D eigenvalue weighted by molar-refractivity contribution is 5.98. The number of hydrogen-bond acceptors (Lipinski definition) is 13. The number of aromatic amines is 1. The fourth-order valence-corrected chi connectivity index (χ4v) is 9.50. The summed E-state index contributed by atoms with van der Waals surface area (Å²) in [5.74, 6) is -9.62. The van der Waals surface area contributed by atoms with Gasteiger partial charge < -0.3 is 74.9 Å². The Labute approximate surface area is 444 Å². The Kier molecular flexibility index (Phi) is 27.7. The van der Waals surface area contributed by atoms with Crippen molar-refractivity contribution in [3.8, 4) is 0 Å². The van der Waals surface area contributed by atoms with Gasteiger partial charge in [0, 0.05) is 31.8 Å². The number of nitrogens with one attached hydrogen (secondary N) is 9. The lowest BCUT2D eigenvalue weighted by Gasteiger charge is -2.32. The zero-order valence-corrected chi connectivity index (χ0v) is 44.5. The van der Waals surface area contributed by atoms with Crippen LogP contribution in [0.25, 0.3) is 0 Å². The van der Waals surface area contributed by atoms with Crippen LogP contribution < -0.4 is 59.7 Å². The second-order valence-electron chi connectivity index (χ2n) is 20.4. The first kappa shape index (κ1) is 63.4. The summed E-state index contributed by atoms with van der Waals surface area (Å²) in [4.78, 5) is 145. The van der Waals surface area contributed by atoms with Gasteiger partial charge in [0.2, 0.25) is 47.3 Å². The number of carbonyl (C=O) groups excluding carboxylic acids is 8. The van der Waals surface area contributed by atoms with Crippen LogP contribution >= 0.6 is 0 Å². The molecule has 2 aliphatic carbocycles. The molecule has 76 heavy (non-hydrogen) atoms. The molecule has 1 aromatic heterocycles. The highest BCUT2D eigenvalue weighted by Gasteiger charge is 2.37. The molecule has 2 fully saturated rings.